The van der Waals surface area contributed by atoms with E-state index in [1.165, 1.54) is 11.8 Å². The van der Waals surface area contributed by atoms with E-state index in [9.17, 15) is 14.4 Å². The lowest BCUT2D eigenvalue weighted by Gasteiger charge is -2.31. The maximum absolute atomic E-state index is 13.3. The van der Waals surface area contributed by atoms with Crippen LogP contribution in [0.2, 0.25) is 0 Å². The summed E-state index contributed by atoms with van der Waals surface area (Å²) in [6.45, 7) is 3.52. The molecule has 1 saturated heterocycles. The van der Waals surface area contributed by atoms with Crippen molar-refractivity contribution >= 4 is 35.2 Å². The minimum absolute atomic E-state index is 0.00858. The summed E-state index contributed by atoms with van der Waals surface area (Å²) in [6.07, 6.45) is 3.16. The minimum atomic E-state index is -0.176. The van der Waals surface area contributed by atoms with Crippen molar-refractivity contribution in [1.82, 2.24) is 9.88 Å². The number of hydrogen-bond donors (Lipinski definition) is 0. The van der Waals surface area contributed by atoms with Gasteiger partial charge in [0.25, 0.3) is 5.91 Å². The number of aromatic nitrogens is 1. The van der Waals surface area contributed by atoms with Crippen LogP contribution in [0.5, 0.6) is 0 Å². The van der Waals surface area contributed by atoms with Crippen LogP contribution < -0.4 is 4.90 Å². The molecule has 0 radical (unpaired) electrons. The van der Waals surface area contributed by atoms with Crippen LogP contribution in [0.25, 0.3) is 0 Å². The molecular formula is C23H25N3O4S. The molecule has 0 bridgehead atoms. The Kier molecular flexibility index (Phi) is 6.56. The Labute approximate surface area is 185 Å². The minimum Gasteiger partial charge on any atom is -0.466 e. The van der Waals surface area contributed by atoms with Gasteiger partial charge < -0.3 is 14.5 Å². The molecule has 162 valence electrons. The Bertz CT molecular complexity index is 988. The third-order valence-corrected chi connectivity index (χ3v) is 6.71. The summed E-state index contributed by atoms with van der Waals surface area (Å²) >= 11 is 1.47. The Morgan fingerprint density at radius 2 is 1.94 bits per heavy atom. The molecule has 0 aliphatic carbocycles. The Hall–Kier alpha value is -2.87. The summed E-state index contributed by atoms with van der Waals surface area (Å²) < 4.78 is 5.10. The fraction of sp³-hybridized carbons (Fsp3) is 0.391. The van der Waals surface area contributed by atoms with Gasteiger partial charge in [-0.2, -0.15) is 0 Å². The quantitative estimate of drug-likeness (QED) is 0.665. The van der Waals surface area contributed by atoms with Crippen molar-refractivity contribution in [1.29, 1.82) is 0 Å². The number of carbonyl (C=O) groups excluding carboxylic acids is 3. The zero-order valence-corrected chi connectivity index (χ0v) is 18.3. The monoisotopic (exact) mass is 439 g/mol. The lowest BCUT2D eigenvalue weighted by molar-refractivity contribution is -0.151. The predicted molar refractivity (Wildman–Crippen MR) is 117 cm³/mol. The second-order valence-electron chi connectivity index (χ2n) is 7.54. The largest absolute Gasteiger partial charge is 0.466 e. The highest BCUT2D eigenvalue weighted by atomic mass is 32.2. The number of amides is 2. The zero-order chi connectivity index (χ0) is 21.8. The highest BCUT2D eigenvalue weighted by Gasteiger charge is 2.31. The molecule has 3 heterocycles. The molecule has 1 fully saturated rings. The van der Waals surface area contributed by atoms with Gasteiger partial charge in [0.15, 0.2) is 0 Å². The molecule has 0 unspecified atom stereocenters. The number of carbonyl (C=O) groups is 3. The summed E-state index contributed by atoms with van der Waals surface area (Å²) in [5, 5.41) is 0.753. The maximum atomic E-state index is 13.3. The summed E-state index contributed by atoms with van der Waals surface area (Å²) in [4.78, 5) is 46.8. The molecule has 0 N–H and O–H groups in total. The molecule has 8 heteroatoms. The van der Waals surface area contributed by atoms with Gasteiger partial charge in [0, 0.05) is 37.1 Å². The molecule has 2 aliphatic heterocycles. The SMILES string of the molecule is CCOC(=O)C1CCN(C(=O)CCN2C(=O)c3ccccc3Sc3ncccc32)CC1. The number of nitrogens with zero attached hydrogens (tertiary/aromatic N) is 3. The van der Waals surface area contributed by atoms with Crippen LogP contribution in [0.15, 0.2) is 52.5 Å². The number of anilines is 1. The van der Waals surface area contributed by atoms with Gasteiger partial charge in [0.2, 0.25) is 5.91 Å². The average molecular weight is 440 g/mol. The van der Waals surface area contributed by atoms with Gasteiger partial charge in [-0.3, -0.25) is 14.4 Å². The lowest BCUT2D eigenvalue weighted by atomic mass is 9.97. The topological polar surface area (TPSA) is 79.8 Å². The van der Waals surface area contributed by atoms with Crippen molar-refractivity contribution in [3.8, 4) is 0 Å². The number of piperidine rings is 1. The highest BCUT2D eigenvalue weighted by Crippen LogP contribution is 2.39. The van der Waals surface area contributed by atoms with E-state index in [-0.39, 0.29) is 36.7 Å². The molecule has 1 aromatic heterocycles. The molecule has 0 atom stereocenters. The van der Waals surface area contributed by atoms with Gasteiger partial charge in [0.05, 0.1) is 23.8 Å². The van der Waals surface area contributed by atoms with Gasteiger partial charge in [-0.15, -0.1) is 0 Å². The first kappa shape index (κ1) is 21.4. The highest BCUT2D eigenvalue weighted by molar-refractivity contribution is 7.99. The molecule has 2 aromatic rings. The average Bonchev–Trinajstić information content (AvgIpc) is 2.92. The molecule has 7 nitrogen and oxygen atoms in total. The molecule has 0 saturated carbocycles. The van der Waals surface area contributed by atoms with Gasteiger partial charge in [0.1, 0.15) is 5.03 Å². The maximum Gasteiger partial charge on any atom is 0.309 e. The summed E-state index contributed by atoms with van der Waals surface area (Å²) in [6, 6.07) is 11.1. The van der Waals surface area contributed by atoms with Crippen molar-refractivity contribution in [3.05, 3.63) is 48.2 Å². The third-order valence-electron chi connectivity index (χ3n) is 5.63. The zero-order valence-electron chi connectivity index (χ0n) is 17.5. The van der Waals surface area contributed by atoms with Crippen LogP contribution in [-0.4, -0.2) is 53.9 Å². The van der Waals surface area contributed by atoms with Crippen LogP contribution >= 0.6 is 11.8 Å². The number of hydrogen-bond acceptors (Lipinski definition) is 6. The van der Waals surface area contributed by atoms with Crippen molar-refractivity contribution in [2.45, 2.75) is 36.1 Å². The number of likely N-dealkylation sites (tertiary alicyclic amines) is 1. The Morgan fingerprint density at radius 3 is 2.71 bits per heavy atom. The van der Waals surface area contributed by atoms with E-state index in [1.54, 1.807) is 29.0 Å². The van der Waals surface area contributed by atoms with E-state index < -0.39 is 0 Å². The number of fused-ring (bicyclic) bond motifs is 2. The Balaban J connectivity index is 1.44. The van der Waals surface area contributed by atoms with Crippen LogP contribution in [0.4, 0.5) is 5.69 Å². The molecule has 1 aromatic carbocycles. The second-order valence-corrected chi connectivity index (χ2v) is 8.57. The molecule has 4 rings (SSSR count). The van der Waals surface area contributed by atoms with Crippen molar-refractivity contribution < 1.29 is 19.1 Å². The molecular weight excluding hydrogens is 414 g/mol. The van der Waals surface area contributed by atoms with Gasteiger partial charge in [-0.05, 0) is 44.0 Å². The van der Waals surface area contributed by atoms with Crippen LogP contribution in [0, 0.1) is 5.92 Å². The first-order valence-electron chi connectivity index (χ1n) is 10.6. The Morgan fingerprint density at radius 1 is 1.16 bits per heavy atom. The number of pyridine rings is 1. The first-order valence-corrected chi connectivity index (χ1v) is 11.4. The standard InChI is InChI=1S/C23H25N3O4S/c1-2-30-23(29)16-9-13-25(14-10-16)20(27)11-15-26-18-7-5-12-24-21(18)31-19-8-4-3-6-17(19)22(26)28/h3-8,12,16H,2,9-11,13-15H2,1H3. The van der Waals surface area contributed by atoms with Crippen LogP contribution in [0.3, 0.4) is 0 Å². The fourth-order valence-electron chi connectivity index (χ4n) is 3.97. The van der Waals surface area contributed by atoms with Crippen molar-refractivity contribution in [3.63, 3.8) is 0 Å². The fourth-order valence-corrected chi connectivity index (χ4v) is 4.99. The van der Waals surface area contributed by atoms with E-state index in [2.05, 4.69) is 4.98 Å². The first-order chi connectivity index (χ1) is 15.1. The van der Waals surface area contributed by atoms with Gasteiger partial charge in [-0.25, -0.2) is 4.98 Å². The van der Waals surface area contributed by atoms with Crippen molar-refractivity contribution in [2.75, 3.05) is 31.1 Å². The second kappa shape index (κ2) is 9.51. The number of esters is 1. The number of benzene rings is 1. The van der Waals surface area contributed by atoms with Gasteiger partial charge in [-0.1, -0.05) is 23.9 Å². The number of ether oxygens (including phenoxy) is 1. The van der Waals surface area contributed by atoms with Crippen LogP contribution in [-0.2, 0) is 14.3 Å². The van der Waals surface area contributed by atoms with Gasteiger partial charge >= 0.3 is 5.97 Å². The lowest BCUT2D eigenvalue weighted by Crippen LogP contribution is -2.42. The molecule has 2 aliphatic rings. The summed E-state index contributed by atoms with van der Waals surface area (Å²) in [7, 11) is 0. The predicted octanol–water partition coefficient (Wildman–Crippen LogP) is 3.38. The summed E-state index contributed by atoms with van der Waals surface area (Å²) in [5.74, 6) is -0.442. The van der Waals surface area contributed by atoms with Crippen molar-refractivity contribution in [2.24, 2.45) is 5.92 Å². The van der Waals surface area contributed by atoms with E-state index in [1.807, 2.05) is 30.3 Å². The number of rotatable bonds is 5. The van der Waals surface area contributed by atoms with E-state index in [0.29, 0.717) is 38.1 Å². The van der Waals surface area contributed by atoms with Crippen LogP contribution in [0.1, 0.15) is 36.5 Å². The van der Waals surface area contributed by atoms with E-state index in [0.717, 1.165) is 15.6 Å². The third kappa shape index (κ3) is 4.58. The molecule has 0 spiro atoms. The van der Waals surface area contributed by atoms with E-state index in [4.69, 9.17) is 4.74 Å². The summed E-state index contributed by atoms with van der Waals surface area (Å²) in [5.41, 5.74) is 1.34. The normalized spacial score (nSPS) is 16.4. The molecule has 2 amide bonds. The smallest absolute Gasteiger partial charge is 0.309 e. The van der Waals surface area contributed by atoms with E-state index >= 15 is 0 Å². The molecule has 31 heavy (non-hydrogen) atoms.